The number of carbonyl (C=O) groups is 2. The molecule has 23 heavy (non-hydrogen) atoms. The Morgan fingerprint density at radius 2 is 1.91 bits per heavy atom. The molecule has 126 valence electrons. The van der Waals surface area contributed by atoms with Gasteiger partial charge in [-0.25, -0.2) is 4.98 Å². The number of halogens is 2. The summed E-state index contributed by atoms with van der Waals surface area (Å²) in [6, 6.07) is 3.12. The van der Waals surface area contributed by atoms with Crippen LogP contribution in [0.2, 0.25) is 10.2 Å². The minimum absolute atomic E-state index is 0.0196. The molecule has 1 fully saturated rings. The first kappa shape index (κ1) is 18.0. The van der Waals surface area contributed by atoms with Crippen molar-refractivity contribution in [2.75, 3.05) is 39.3 Å². The van der Waals surface area contributed by atoms with Crippen LogP contribution in [-0.2, 0) is 4.79 Å². The first-order chi connectivity index (χ1) is 11.0. The number of piperazine rings is 1. The van der Waals surface area contributed by atoms with E-state index >= 15 is 0 Å². The van der Waals surface area contributed by atoms with Crippen molar-refractivity contribution in [1.29, 1.82) is 0 Å². The van der Waals surface area contributed by atoms with Gasteiger partial charge in [-0.3, -0.25) is 14.5 Å². The Morgan fingerprint density at radius 1 is 1.22 bits per heavy atom. The van der Waals surface area contributed by atoms with Gasteiger partial charge in [-0.15, -0.1) is 0 Å². The Kier molecular flexibility index (Phi) is 6.62. The number of hydrogen-bond acceptors (Lipinski definition) is 4. The van der Waals surface area contributed by atoms with Crippen LogP contribution >= 0.6 is 23.2 Å². The minimum atomic E-state index is -0.229. The van der Waals surface area contributed by atoms with Gasteiger partial charge in [0.25, 0.3) is 5.91 Å². The normalized spacial score (nSPS) is 15.5. The summed E-state index contributed by atoms with van der Waals surface area (Å²) in [7, 11) is 0. The summed E-state index contributed by atoms with van der Waals surface area (Å²) in [5.74, 6) is -0.209. The quantitative estimate of drug-likeness (QED) is 0.813. The second kappa shape index (κ2) is 8.47. The van der Waals surface area contributed by atoms with Gasteiger partial charge in [0.05, 0.1) is 11.6 Å². The Hall–Kier alpha value is -1.37. The van der Waals surface area contributed by atoms with E-state index in [2.05, 4.69) is 10.3 Å². The lowest BCUT2D eigenvalue weighted by molar-refractivity contribution is -0.122. The maximum Gasteiger partial charge on any atom is 0.274 e. The molecule has 0 bridgehead atoms. The fourth-order valence-corrected chi connectivity index (χ4v) is 2.68. The fraction of sp³-hybridized carbons (Fsp3) is 0.533. The average Bonchev–Trinajstić information content (AvgIpc) is 2.55. The Bertz CT molecular complexity index is 575. The summed E-state index contributed by atoms with van der Waals surface area (Å²) < 4.78 is 0. The van der Waals surface area contributed by atoms with Crippen LogP contribution in [0.1, 0.15) is 23.8 Å². The predicted octanol–water partition coefficient (Wildman–Crippen LogP) is 1.67. The largest absolute Gasteiger partial charge is 0.355 e. The molecule has 0 aromatic carbocycles. The third-order valence-electron chi connectivity index (χ3n) is 3.61. The zero-order valence-electron chi connectivity index (χ0n) is 13.0. The van der Waals surface area contributed by atoms with Crippen molar-refractivity contribution in [1.82, 2.24) is 20.1 Å². The number of aromatic nitrogens is 1. The fourth-order valence-electron chi connectivity index (χ4n) is 2.35. The second-order valence-corrected chi connectivity index (χ2v) is 6.18. The van der Waals surface area contributed by atoms with Crippen LogP contribution in [-0.4, -0.2) is 65.9 Å². The maximum absolute atomic E-state index is 12.5. The molecule has 1 aliphatic rings. The molecule has 6 nitrogen and oxygen atoms in total. The van der Waals surface area contributed by atoms with Crippen molar-refractivity contribution in [2.24, 2.45) is 0 Å². The molecule has 0 spiro atoms. The first-order valence-electron chi connectivity index (χ1n) is 7.61. The van der Waals surface area contributed by atoms with Gasteiger partial charge in [-0.1, -0.05) is 30.1 Å². The maximum atomic E-state index is 12.5. The molecule has 1 aromatic rings. The Morgan fingerprint density at radius 3 is 2.57 bits per heavy atom. The molecule has 8 heteroatoms. The van der Waals surface area contributed by atoms with Crippen LogP contribution < -0.4 is 5.32 Å². The number of amides is 2. The van der Waals surface area contributed by atoms with Crippen molar-refractivity contribution in [3.63, 3.8) is 0 Å². The third-order valence-corrected chi connectivity index (χ3v) is 4.13. The number of rotatable bonds is 5. The summed E-state index contributed by atoms with van der Waals surface area (Å²) in [4.78, 5) is 31.9. The summed E-state index contributed by atoms with van der Waals surface area (Å²) in [6.45, 7) is 5.41. The highest BCUT2D eigenvalue weighted by Crippen LogP contribution is 2.19. The molecule has 0 aliphatic carbocycles. The molecule has 0 radical (unpaired) electrons. The monoisotopic (exact) mass is 358 g/mol. The molecule has 1 N–H and O–H groups in total. The van der Waals surface area contributed by atoms with E-state index in [1.165, 1.54) is 0 Å². The smallest absolute Gasteiger partial charge is 0.274 e. The van der Waals surface area contributed by atoms with E-state index in [0.717, 1.165) is 6.42 Å². The van der Waals surface area contributed by atoms with Crippen LogP contribution in [0.3, 0.4) is 0 Å². The van der Waals surface area contributed by atoms with Crippen molar-refractivity contribution in [3.8, 4) is 0 Å². The molecule has 2 rings (SSSR count). The van der Waals surface area contributed by atoms with Crippen LogP contribution in [0, 0.1) is 0 Å². The zero-order valence-corrected chi connectivity index (χ0v) is 14.5. The Labute approximate surface area is 145 Å². The first-order valence-corrected chi connectivity index (χ1v) is 8.37. The number of nitrogens with one attached hydrogen (secondary N) is 1. The van der Waals surface area contributed by atoms with Crippen molar-refractivity contribution in [3.05, 3.63) is 28.0 Å². The van der Waals surface area contributed by atoms with Gasteiger partial charge in [0.1, 0.15) is 10.8 Å². The van der Waals surface area contributed by atoms with Gasteiger partial charge in [-0.05, 0) is 18.6 Å². The van der Waals surface area contributed by atoms with Gasteiger partial charge < -0.3 is 10.2 Å². The molecule has 0 atom stereocenters. The number of carbonyl (C=O) groups excluding carboxylic acids is 2. The number of hydrogen-bond donors (Lipinski definition) is 1. The van der Waals surface area contributed by atoms with E-state index in [1.807, 2.05) is 11.8 Å². The number of nitrogens with zero attached hydrogens (tertiary/aromatic N) is 3. The third kappa shape index (κ3) is 5.06. The van der Waals surface area contributed by atoms with Crippen LogP contribution in [0.25, 0.3) is 0 Å². The van der Waals surface area contributed by atoms with Crippen LogP contribution in [0.4, 0.5) is 0 Å². The SMILES string of the molecule is CCCNC(=O)CN1CCN(C(=O)c2nc(Cl)ccc2Cl)CC1. The average molecular weight is 359 g/mol. The highest BCUT2D eigenvalue weighted by atomic mass is 35.5. The van der Waals surface area contributed by atoms with E-state index < -0.39 is 0 Å². The van der Waals surface area contributed by atoms with Gasteiger partial charge in [0.2, 0.25) is 5.91 Å². The predicted molar refractivity (Wildman–Crippen MR) is 89.9 cm³/mol. The van der Waals surface area contributed by atoms with E-state index in [4.69, 9.17) is 23.2 Å². The van der Waals surface area contributed by atoms with Crippen molar-refractivity contribution >= 4 is 35.0 Å². The molecule has 2 heterocycles. The van der Waals surface area contributed by atoms with Crippen molar-refractivity contribution < 1.29 is 9.59 Å². The summed E-state index contributed by atoms with van der Waals surface area (Å²) in [5, 5.41) is 3.38. The van der Waals surface area contributed by atoms with Gasteiger partial charge in [0, 0.05) is 32.7 Å². The highest BCUT2D eigenvalue weighted by molar-refractivity contribution is 6.34. The zero-order chi connectivity index (χ0) is 16.8. The minimum Gasteiger partial charge on any atom is -0.355 e. The van der Waals surface area contributed by atoms with E-state index in [1.54, 1.807) is 17.0 Å². The highest BCUT2D eigenvalue weighted by Gasteiger charge is 2.25. The molecular weight excluding hydrogens is 339 g/mol. The molecular formula is C15H20Cl2N4O2. The molecule has 1 aromatic heterocycles. The van der Waals surface area contributed by atoms with Crippen LogP contribution in [0.15, 0.2) is 12.1 Å². The summed E-state index contributed by atoms with van der Waals surface area (Å²) in [6.07, 6.45) is 0.918. The summed E-state index contributed by atoms with van der Waals surface area (Å²) in [5.41, 5.74) is 0.174. The van der Waals surface area contributed by atoms with E-state index in [0.29, 0.717) is 44.3 Å². The molecule has 1 saturated heterocycles. The summed E-state index contributed by atoms with van der Waals surface area (Å²) >= 11 is 11.9. The topological polar surface area (TPSA) is 65.5 Å². The Balaban J connectivity index is 1.87. The van der Waals surface area contributed by atoms with Gasteiger partial charge >= 0.3 is 0 Å². The van der Waals surface area contributed by atoms with E-state index in [-0.39, 0.29) is 22.7 Å². The molecule has 0 saturated carbocycles. The number of pyridine rings is 1. The second-order valence-electron chi connectivity index (χ2n) is 5.38. The van der Waals surface area contributed by atoms with Gasteiger partial charge in [-0.2, -0.15) is 0 Å². The van der Waals surface area contributed by atoms with Crippen molar-refractivity contribution in [2.45, 2.75) is 13.3 Å². The standard InChI is InChI=1S/C15H20Cl2N4O2/c1-2-5-18-13(22)10-20-6-8-21(9-7-20)15(23)14-11(16)3-4-12(17)19-14/h3-4H,2,5-10H2,1H3,(H,18,22). The lowest BCUT2D eigenvalue weighted by Gasteiger charge is -2.34. The lowest BCUT2D eigenvalue weighted by atomic mass is 10.2. The molecule has 1 aliphatic heterocycles. The molecule has 2 amide bonds. The van der Waals surface area contributed by atoms with E-state index in [9.17, 15) is 9.59 Å². The lowest BCUT2D eigenvalue weighted by Crippen LogP contribution is -2.51. The van der Waals surface area contributed by atoms with Crippen LogP contribution in [0.5, 0.6) is 0 Å². The van der Waals surface area contributed by atoms with Gasteiger partial charge in [0.15, 0.2) is 0 Å². The molecule has 0 unspecified atom stereocenters.